The monoisotopic (exact) mass is 294 g/mol. The van der Waals surface area contributed by atoms with Crippen LogP contribution in [-0.4, -0.2) is 49.8 Å². The van der Waals surface area contributed by atoms with E-state index in [4.69, 9.17) is 9.84 Å². The van der Waals surface area contributed by atoms with Crippen LogP contribution in [0.25, 0.3) is 11.0 Å². The Bertz CT molecular complexity index is 735. The van der Waals surface area contributed by atoms with Crippen LogP contribution in [0.1, 0.15) is 17.4 Å². The summed E-state index contributed by atoms with van der Waals surface area (Å²) in [6.07, 6.45) is -4.45. The number of aromatic amines is 1. The second kappa shape index (κ2) is 4.96. The summed E-state index contributed by atoms with van der Waals surface area (Å²) in [7, 11) is 0. The van der Waals surface area contributed by atoms with Crippen LogP contribution < -0.4 is 5.69 Å². The van der Waals surface area contributed by atoms with Crippen molar-refractivity contribution in [1.29, 1.82) is 0 Å². The maximum absolute atomic E-state index is 12.2. The number of aliphatic hydroxyl groups is 3. The molecule has 0 radical (unpaired) electrons. The molecule has 1 aliphatic rings. The Morgan fingerprint density at radius 3 is 2.52 bits per heavy atom. The molecule has 2 heterocycles. The molecule has 114 valence electrons. The number of nitrogens with zero attached hydrogens (tertiary/aromatic N) is 1. The first-order chi connectivity index (χ1) is 9.93. The van der Waals surface area contributed by atoms with E-state index in [0.717, 1.165) is 11.1 Å². The van der Waals surface area contributed by atoms with Gasteiger partial charge in [-0.1, -0.05) is 0 Å². The lowest BCUT2D eigenvalue weighted by Crippen LogP contribution is -2.34. The van der Waals surface area contributed by atoms with Gasteiger partial charge in [0, 0.05) is 0 Å². The molecule has 3 rings (SSSR count). The molecular formula is C14H18N2O5. The Balaban J connectivity index is 2.15. The molecule has 7 heteroatoms. The normalized spacial score (nSPS) is 29.4. The maximum atomic E-state index is 12.2. The van der Waals surface area contributed by atoms with Gasteiger partial charge in [-0.3, -0.25) is 4.57 Å². The van der Waals surface area contributed by atoms with Gasteiger partial charge in [0.1, 0.15) is 18.3 Å². The highest BCUT2D eigenvalue weighted by Crippen LogP contribution is 2.31. The molecule has 0 spiro atoms. The lowest BCUT2D eigenvalue weighted by molar-refractivity contribution is -0.0522. The van der Waals surface area contributed by atoms with Crippen molar-refractivity contribution in [3.8, 4) is 0 Å². The van der Waals surface area contributed by atoms with E-state index in [9.17, 15) is 15.0 Å². The summed E-state index contributed by atoms with van der Waals surface area (Å²) < 4.78 is 6.71. The predicted octanol–water partition coefficient (Wildman–Crippen LogP) is -0.442. The van der Waals surface area contributed by atoms with Gasteiger partial charge in [0.2, 0.25) is 0 Å². The molecule has 7 nitrogen and oxygen atoms in total. The molecule has 21 heavy (non-hydrogen) atoms. The topological polar surface area (TPSA) is 108 Å². The molecule has 1 aliphatic heterocycles. The lowest BCUT2D eigenvalue weighted by Gasteiger charge is -2.16. The van der Waals surface area contributed by atoms with E-state index >= 15 is 0 Å². The van der Waals surface area contributed by atoms with Crippen LogP contribution >= 0.6 is 0 Å². The zero-order valence-electron chi connectivity index (χ0n) is 11.8. The minimum absolute atomic E-state index is 0.426. The Labute approximate surface area is 120 Å². The number of hydrogen-bond acceptors (Lipinski definition) is 5. The Kier molecular flexibility index (Phi) is 3.37. The van der Waals surface area contributed by atoms with Crippen LogP contribution in [0.2, 0.25) is 0 Å². The fourth-order valence-corrected chi connectivity index (χ4v) is 2.73. The van der Waals surface area contributed by atoms with Crippen molar-refractivity contribution in [3.05, 3.63) is 33.7 Å². The highest BCUT2D eigenvalue weighted by Gasteiger charge is 2.44. The Morgan fingerprint density at radius 1 is 1.24 bits per heavy atom. The van der Waals surface area contributed by atoms with E-state index in [1.54, 1.807) is 0 Å². The molecule has 1 saturated heterocycles. The molecule has 4 N–H and O–H groups in total. The van der Waals surface area contributed by atoms with Crippen LogP contribution in [0, 0.1) is 13.8 Å². The van der Waals surface area contributed by atoms with E-state index in [1.807, 2.05) is 26.0 Å². The van der Waals surface area contributed by atoms with Gasteiger partial charge < -0.3 is 25.0 Å². The van der Waals surface area contributed by atoms with Crippen LogP contribution in [-0.2, 0) is 4.74 Å². The number of rotatable bonds is 2. The number of aryl methyl sites for hydroxylation is 2. The fourth-order valence-electron chi connectivity index (χ4n) is 2.73. The predicted molar refractivity (Wildman–Crippen MR) is 75.0 cm³/mol. The number of H-pyrrole nitrogens is 1. The van der Waals surface area contributed by atoms with Gasteiger partial charge in [0.15, 0.2) is 6.23 Å². The smallest absolute Gasteiger partial charge is 0.328 e. The molecule has 1 fully saturated rings. The third-order valence-corrected chi connectivity index (χ3v) is 4.10. The van der Waals surface area contributed by atoms with Gasteiger partial charge >= 0.3 is 5.69 Å². The highest BCUT2D eigenvalue weighted by molar-refractivity contribution is 5.77. The molecule has 2 aromatic rings. The van der Waals surface area contributed by atoms with E-state index in [0.29, 0.717) is 11.0 Å². The van der Waals surface area contributed by atoms with Gasteiger partial charge in [-0.05, 0) is 37.1 Å². The molecule has 1 aromatic heterocycles. The zero-order chi connectivity index (χ0) is 15.3. The summed E-state index contributed by atoms with van der Waals surface area (Å²) in [6, 6.07) is 3.68. The Hall–Kier alpha value is -1.67. The molecule has 0 unspecified atom stereocenters. The second-order valence-electron chi connectivity index (χ2n) is 5.48. The number of aromatic nitrogens is 2. The van der Waals surface area contributed by atoms with Crippen molar-refractivity contribution >= 4 is 11.0 Å². The van der Waals surface area contributed by atoms with Crippen molar-refractivity contribution in [3.63, 3.8) is 0 Å². The lowest BCUT2D eigenvalue weighted by atomic mass is 10.1. The van der Waals surface area contributed by atoms with Crippen LogP contribution in [0.15, 0.2) is 16.9 Å². The summed E-state index contributed by atoms with van der Waals surface area (Å²) >= 11 is 0. The first kappa shape index (κ1) is 14.3. The van der Waals surface area contributed by atoms with Crippen molar-refractivity contribution < 1.29 is 20.1 Å². The van der Waals surface area contributed by atoms with Crippen molar-refractivity contribution in [2.75, 3.05) is 6.61 Å². The molecule has 4 atom stereocenters. The molecule has 1 aromatic carbocycles. The first-order valence-corrected chi connectivity index (χ1v) is 6.78. The van der Waals surface area contributed by atoms with E-state index in [-0.39, 0.29) is 0 Å². The number of hydrogen-bond donors (Lipinski definition) is 4. The van der Waals surface area contributed by atoms with Crippen LogP contribution in [0.4, 0.5) is 0 Å². The summed E-state index contributed by atoms with van der Waals surface area (Å²) in [5.41, 5.74) is 2.85. The van der Waals surface area contributed by atoms with Crippen molar-refractivity contribution in [2.45, 2.75) is 38.4 Å². The van der Waals surface area contributed by atoms with Gasteiger partial charge in [0.05, 0.1) is 17.6 Å². The second-order valence-corrected chi connectivity index (χ2v) is 5.48. The number of benzene rings is 1. The summed E-state index contributed by atoms with van der Waals surface area (Å²) in [6.45, 7) is 3.44. The van der Waals surface area contributed by atoms with Gasteiger partial charge in [-0.25, -0.2) is 4.79 Å². The molecule has 0 saturated carbocycles. The number of ether oxygens (including phenoxy) is 1. The third-order valence-electron chi connectivity index (χ3n) is 4.10. The Morgan fingerprint density at radius 2 is 1.90 bits per heavy atom. The van der Waals surface area contributed by atoms with E-state index in [2.05, 4.69) is 4.98 Å². The average molecular weight is 294 g/mol. The van der Waals surface area contributed by atoms with E-state index in [1.165, 1.54) is 4.57 Å². The van der Waals surface area contributed by atoms with Crippen molar-refractivity contribution in [2.24, 2.45) is 0 Å². The molecule has 0 amide bonds. The number of fused-ring (bicyclic) bond motifs is 1. The largest absolute Gasteiger partial charge is 0.394 e. The summed E-state index contributed by atoms with van der Waals surface area (Å²) in [5, 5.41) is 29.0. The fraction of sp³-hybridized carbons (Fsp3) is 0.500. The number of imidazole rings is 1. The van der Waals surface area contributed by atoms with Crippen LogP contribution in [0.3, 0.4) is 0 Å². The summed E-state index contributed by atoms with van der Waals surface area (Å²) in [5.74, 6) is 0. The maximum Gasteiger partial charge on any atom is 0.328 e. The average Bonchev–Trinajstić information content (AvgIpc) is 2.89. The minimum atomic E-state index is -1.28. The highest BCUT2D eigenvalue weighted by atomic mass is 16.6. The standard InChI is InChI=1S/C14H18N2O5/c1-6-3-8-9(4-7(6)2)16(14(20)15-8)13-12(19)11(18)10(5-17)21-13/h3-4,10-13,17-19H,5H2,1-2H3,(H,15,20)/t10-,11+,12+,13+/m0/s1. The molecular weight excluding hydrogens is 276 g/mol. The van der Waals surface area contributed by atoms with Crippen LogP contribution in [0.5, 0.6) is 0 Å². The van der Waals surface area contributed by atoms with Crippen molar-refractivity contribution in [1.82, 2.24) is 9.55 Å². The van der Waals surface area contributed by atoms with E-state index < -0.39 is 36.8 Å². The SMILES string of the molecule is Cc1cc2[nH]c(=O)n([C@@H]3O[C@@H](CO)[C@@H](O)[C@H]3O)c2cc1C. The number of nitrogens with one attached hydrogen (secondary N) is 1. The number of aliphatic hydroxyl groups excluding tert-OH is 3. The first-order valence-electron chi connectivity index (χ1n) is 6.78. The zero-order valence-corrected chi connectivity index (χ0v) is 11.8. The molecule has 0 aliphatic carbocycles. The van der Waals surface area contributed by atoms with Gasteiger partial charge in [-0.15, -0.1) is 0 Å². The van der Waals surface area contributed by atoms with Gasteiger partial charge in [-0.2, -0.15) is 0 Å². The quantitative estimate of drug-likeness (QED) is 0.600. The minimum Gasteiger partial charge on any atom is -0.394 e. The van der Waals surface area contributed by atoms with Gasteiger partial charge in [0.25, 0.3) is 0 Å². The molecule has 0 bridgehead atoms. The summed E-state index contributed by atoms with van der Waals surface area (Å²) in [4.78, 5) is 14.9. The third kappa shape index (κ3) is 2.09.